The van der Waals surface area contributed by atoms with Gasteiger partial charge in [0.2, 0.25) is 5.88 Å². The Kier molecular flexibility index (Phi) is 4.74. The standard InChI is InChI=1S/C14H21N3O2/c1-3-19-14-12(7-4-8-15-14)13(18)16-10-11-6-5-9-17(11)2/h4,7-8,11H,3,5-6,9-10H2,1-2H3,(H,16,18). The van der Waals surface area contributed by atoms with Crippen molar-refractivity contribution in [3.05, 3.63) is 23.9 Å². The molecular formula is C14H21N3O2. The van der Waals surface area contributed by atoms with Gasteiger partial charge >= 0.3 is 0 Å². The van der Waals surface area contributed by atoms with Crippen LogP contribution in [-0.2, 0) is 0 Å². The molecule has 0 aliphatic carbocycles. The molecule has 2 heterocycles. The van der Waals surface area contributed by atoms with Crippen molar-refractivity contribution in [2.75, 3.05) is 26.7 Å². The van der Waals surface area contributed by atoms with Crippen molar-refractivity contribution in [3.8, 4) is 5.88 Å². The first-order valence-corrected chi connectivity index (χ1v) is 6.78. The van der Waals surface area contributed by atoms with E-state index < -0.39 is 0 Å². The summed E-state index contributed by atoms with van der Waals surface area (Å²) < 4.78 is 5.37. The molecule has 0 radical (unpaired) electrons. The number of nitrogens with one attached hydrogen (secondary N) is 1. The van der Waals surface area contributed by atoms with Crippen LogP contribution in [0.4, 0.5) is 0 Å². The molecule has 0 spiro atoms. The van der Waals surface area contributed by atoms with E-state index in [4.69, 9.17) is 4.74 Å². The average Bonchev–Trinajstić information content (AvgIpc) is 2.82. The van der Waals surface area contributed by atoms with Crippen LogP contribution in [0.5, 0.6) is 5.88 Å². The molecular weight excluding hydrogens is 242 g/mol. The van der Waals surface area contributed by atoms with Crippen LogP contribution in [0.3, 0.4) is 0 Å². The fraction of sp³-hybridized carbons (Fsp3) is 0.571. The van der Waals surface area contributed by atoms with Crippen molar-refractivity contribution in [3.63, 3.8) is 0 Å². The summed E-state index contributed by atoms with van der Waals surface area (Å²) in [6, 6.07) is 3.93. The van der Waals surface area contributed by atoms with Crippen LogP contribution in [-0.4, -0.2) is 48.6 Å². The van der Waals surface area contributed by atoms with Crippen LogP contribution < -0.4 is 10.1 Å². The third kappa shape index (κ3) is 3.44. The van der Waals surface area contributed by atoms with Crippen LogP contribution in [0.1, 0.15) is 30.1 Å². The van der Waals surface area contributed by atoms with Crippen molar-refractivity contribution in [2.45, 2.75) is 25.8 Å². The first-order valence-electron chi connectivity index (χ1n) is 6.78. The van der Waals surface area contributed by atoms with Crippen LogP contribution in [0.2, 0.25) is 0 Å². The summed E-state index contributed by atoms with van der Waals surface area (Å²) in [5.74, 6) is 0.291. The Morgan fingerprint density at radius 3 is 3.16 bits per heavy atom. The maximum absolute atomic E-state index is 12.2. The number of aromatic nitrogens is 1. The van der Waals surface area contributed by atoms with Gasteiger partial charge in [-0.25, -0.2) is 4.98 Å². The van der Waals surface area contributed by atoms with E-state index >= 15 is 0 Å². The van der Waals surface area contributed by atoms with Gasteiger partial charge in [-0.15, -0.1) is 0 Å². The van der Waals surface area contributed by atoms with Crippen LogP contribution in [0, 0.1) is 0 Å². The minimum atomic E-state index is -0.114. The second kappa shape index (κ2) is 6.52. The van der Waals surface area contributed by atoms with Crippen molar-refractivity contribution in [1.82, 2.24) is 15.2 Å². The molecule has 5 nitrogen and oxygen atoms in total. The molecule has 1 amide bonds. The minimum absolute atomic E-state index is 0.114. The Morgan fingerprint density at radius 1 is 1.63 bits per heavy atom. The van der Waals surface area contributed by atoms with Crippen LogP contribution in [0.15, 0.2) is 18.3 Å². The number of rotatable bonds is 5. The van der Waals surface area contributed by atoms with E-state index in [0.29, 0.717) is 30.6 Å². The molecule has 104 valence electrons. The lowest BCUT2D eigenvalue weighted by molar-refractivity contribution is 0.0939. The highest BCUT2D eigenvalue weighted by atomic mass is 16.5. The number of carbonyl (C=O) groups is 1. The fourth-order valence-corrected chi connectivity index (χ4v) is 2.36. The number of nitrogens with zero attached hydrogens (tertiary/aromatic N) is 2. The molecule has 1 atom stereocenters. The zero-order valence-corrected chi connectivity index (χ0v) is 11.6. The minimum Gasteiger partial charge on any atom is -0.477 e. The zero-order valence-electron chi connectivity index (χ0n) is 11.6. The largest absolute Gasteiger partial charge is 0.477 e. The van der Waals surface area contributed by atoms with Gasteiger partial charge in [0.15, 0.2) is 0 Å². The topological polar surface area (TPSA) is 54.5 Å². The molecule has 1 aliphatic rings. The quantitative estimate of drug-likeness (QED) is 0.870. The van der Waals surface area contributed by atoms with E-state index in [2.05, 4.69) is 22.2 Å². The second-order valence-electron chi connectivity index (χ2n) is 4.78. The molecule has 1 aromatic rings. The lowest BCUT2D eigenvalue weighted by Gasteiger charge is -2.19. The molecule has 5 heteroatoms. The predicted molar refractivity (Wildman–Crippen MR) is 73.4 cm³/mol. The summed E-state index contributed by atoms with van der Waals surface area (Å²) in [6.45, 7) is 4.17. The van der Waals surface area contributed by atoms with Gasteiger partial charge in [0.25, 0.3) is 5.91 Å². The monoisotopic (exact) mass is 263 g/mol. The first kappa shape index (κ1) is 13.8. The van der Waals surface area contributed by atoms with Crippen molar-refractivity contribution < 1.29 is 9.53 Å². The molecule has 1 N–H and O–H groups in total. The van der Waals surface area contributed by atoms with Gasteiger partial charge in [-0.2, -0.15) is 0 Å². The Morgan fingerprint density at radius 2 is 2.47 bits per heavy atom. The van der Waals surface area contributed by atoms with Gasteiger partial charge in [-0.3, -0.25) is 4.79 Å². The van der Waals surface area contributed by atoms with Gasteiger partial charge in [0, 0.05) is 18.8 Å². The number of likely N-dealkylation sites (tertiary alicyclic amines) is 1. The van der Waals surface area contributed by atoms with Gasteiger partial charge in [0.1, 0.15) is 5.56 Å². The third-order valence-corrected chi connectivity index (χ3v) is 3.47. The van der Waals surface area contributed by atoms with Crippen molar-refractivity contribution in [1.29, 1.82) is 0 Å². The normalized spacial score (nSPS) is 19.4. The number of ether oxygens (including phenoxy) is 1. The van der Waals surface area contributed by atoms with Gasteiger partial charge < -0.3 is 15.0 Å². The number of pyridine rings is 1. The van der Waals surface area contributed by atoms with E-state index in [1.807, 2.05) is 6.92 Å². The maximum Gasteiger partial charge on any atom is 0.256 e. The molecule has 1 unspecified atom stereocenters. The van der Waals surface area contributed by atoms with E-state index in [-0.39, 0.29) is 5.91 Å². The third-order valence-electron chi connectivity index (χ3n) is 3.47. The number of amides is 1. The molecule has 0 bridgehead atoms. The molecule has 0 aromatic carbocycles. The fourth-order valence-electron chi connectivity index (χ4n) is 2.36. The van der Waals surface area contributed by atoms with Crippen LogP contribution in [0.25, 0.3) is 0 Å². The number of likely N-dealkylation sites (N-methyl/N-ethyl adjacent to an activating group) is 1. The highest BCUT2D eigenvalue weighted by molar-refractivity contribution is 5.96. The maximum atomic E-state index is 12.2. The summed E-state index contributed by atoms with van der Waals surface area (Å²) in [4.78, 5) is 18.5. The van der Waals surface area contributed by atoms with Gasteiger partial charge in [-0.1, -0.05) is 0 Å². The molecule has 1 saturated heterocycles. The van der Waals surface area contributed by atoms with Crippen molar-refractivity contribution in [2.24, 2.45) is 0 Å². The Labute approximate surface area is 114 Å². The van der Waals surface area contributed by atoms with E-state index in [9.17, 15) is 4.79 Å². The van der Waals surface area contributed by atoms with E-state index in [1.165, 1.54) is 6.42 Å². The first-order chi connectivity index (χ1) is 9.22. The molecule has 2 rings (SSSR count). The van der Waals surface area contributed by atoms with Crippen LogP contribution >= 0.6 is 0 Å². The Balaban J connectivity index is 1.95. The Hall–Kier alpha value is -1.62. The van der Waals surface area contributed by atoms with Gasteiger partial charge in [0.05, 0.1) is 6.61 Å². The summed E-state index contributed by atoms with van der Waals surface area (Å²) in [6.07, 6.45) is 3.97. The highest BCUT2D eigenvalue weighted by Gasteiger charge is 2.22. The molecule has 0 saturated carbocycles. The molecule has 1 aromatic heterocycles. The lowest BCUT2D eigenvalue weighted by atomic mass is 10.2. The van der Waals surface area contributed by atoms with E-state index in [0.717, 1.165) is 13.0 Å². The Bertz CT molecular complexity index is 436. The average molecular weight is 263 g/mol. The second-order valence-corrected chi connectivity index (χ2v) is 4.78. The smallest absolute Gasteiger partial charge is 0.256 e. The number of hydrogen-bond donors (Lipinski definition) is 1. The highest BCUT2D eigenvalue weighted by Crippen LogP contribution is 2.16. The molecule has 1 aliphatic heterocycles. The number of carbonyl (C=O) groups excluding carboxylic acids is 1. The summed E-state index contributed by atoms with van der Waals surface area (Å²) in [7, 11) is 2.10. The zero-order chi connectivity index (χ0) is 13.7. The molecule has 1 fully saturated rings. The lowest BCUT2D eigenvalue weighted by Crippen LogP contribution is -2.38. The predicted octanol–water partition coefficient (Wildman–Crippen LogP) is 1.30. The SMILES string of the molecule is CCOc1ncccc1C(=O)NCC1CCCN1C. The van der Waals surface area contributed by atoms with Gasteiger partial charge in [-0.05, 0) is 45.5 Å². The van der Waals surface area contributed by atoms with Crippen molar-refractivity contribution >= 4 is 5.91 Å². The summed E-state index contributed by atoms with van der Waals surface area (Å²) in [5, 5.41) is 2.97. The number of hydrogen-bond acceptors (Lipinski definition) is 4. The summed E-state index contributed by atoms with van der Waals surface area (Å²) >= 11 is 0. The van der Waals surface area contributed by atoms with E-state index in [1.54, 1.807) is 18.3 Å². The summed E-state index contributed by atoms with van der Waals surface area (Å²) in [5.41, 5.74) is 0.505. The molecule has 19 heavy (non-hydrogen) atoms.